The van der Waals surface area contributed by atoms with Crippen LogP contribution in [-0.2, 0) is 14.3 Å². The standard InChI is InChI=1S/C19H20N2O6S/c1-12-4-5-13(2)17(8-12)28-11-19(23)27-10-18(22)20-15-7-6-14(26-3)9-16(15)21(24)25/h4-9H,10-11H2,1-3H3,(H,20,22). The summed E-state index contributed by atoms with van der Waals surface area (Å²) >= 11 is 1.33. The average molecular weight is 404 g/mol. The minimum absolute atomic E-state index is 0.00314. The third kappa shape index (κ3) is 5.98. The summed E-state index contributed by atoms with van der Waals surface area (Å²) in [5.41, 5.74) is 1.82. The first-order chi connectivity index (χ1) is 13.3. The van der Waals surface area contributed by atoms with Gasteiger partial charge in [0.25, 0.3) is 11.6 Å². The first kappa shape index (κ1) is 21.2. The number of amides is 1. The Balaban J connectivity index is 1.87. The summed E-state index contributed by atoms with van der Waals surface area (Å²) in [7, 11) is 1.38. The molecule has 0 aliphatic heterocycles. The van der Waals surface area contributed by atoms with Crippen molar-refractivity contribution in [3.63, 3.8) is 0 Å². The minimum Gasteiger partial charge on any atom is -0.496 e. The van der Waals surface area contributed by atoms with Crippen LogP contribution in [0, 0.1) is 24.0 Å². The lowest BCUT2D eigenvalue weighted by Crippen LogP contribution is -2.22. The van der Waals surface area contributed by atoms with Crippen LogP contribution >= 0.6 is 11.8 Å². The number of hydrogen-bond acceptors (Lipinski definition) is 7. The van der Waals surface area contributed by atoms with Gasteiger partial charge in [0, 0.05) is 4.90 Å². The minimum atomic E-state index is -0.668. The molecule has 28 heavy (non-hydrogen) atoms. The number of hydrogen-bond donors (Lipinski definition) is 1. The second-order valence-electron chi connectivity index (χ2n) is 5.91. The van der Waals surface area contributed by atoms with Gasteiger partial charge in [0.05, 0.1) is 23.9 Å². The van der Waals surface area contributed by atoms with Gasteiger partial charge in [-0.25, -0.2) is 0 Å². The van der Waals surface area contributed by atoms with Crippen molar-refractivity contribution >= 4 is 35.0 Å². The highest BCUT2D eigenvalue weighted by Crippen LogP contribution is 2.29. The Kier molecular flexibility index (Phi) is 7.39. The molecule has 0 radical (unpaired) electrons. The van der Waals surface area contributed by atoms with Gasteiger partial charge in [-0.3, -0.25) is 19.7 Å². The summed E-state index contributed by atoms with van der Waals surface area (Å²) in [5, 5.41) is 13.5. The van der Waals surface area contributed by atoms with E-state index in [2.05, 4.69) is 5.32 Å². The second kappa shape index (κ2) is 9.75. The highest BCUT2D eigenvalue weighted by Gasteiger charge is 2.18. The van der Waals surface area contributed by atoms with Gasteiger partial charge in [0.2, 0.25) is 0 Å². The molecule has 0 bridgehead atoms. The number of methoxy groups -OCH3 is 1. The summed E-state index contributed by atoms with van der Waals surface area (Å²) in [5.74, 6) is -0.872. The molecule has 1 amide bonds. The van der Waals surface area contributed by atoms with Gasteiger partial charge in [-0.2, -0.15) is 0 Å². The maximum absolute atomic E-state index is 12.0. The topological polar surface area (TPSA) is 108 Å². The number of carbonyl (C=O) groups excluding carboxylic acids is 2. The Morgan fingerprint density at radius 1 is 1.18 bits per heavy atom. The predicted octanol–water partition coefficient (Wildman–Crippen LogP) is 3.49. The van der Waals surface area contributed by atoms with Crippen LogP contribution in [0.15, 0.2) is 41.3 Å². The summed E-state index contributed by atoms with van der Waals surface area (Å²) in [6.07, 6.45) is 0. The van der Waals surface area contributed by atoms with Crippen LogP contribution < -0.4 is 10.1 Å². The maximum atomic E-state index is 12.0. The van der Waals surface area contributed by atoms with Gasteiger partial charge in [-0.15, -0.1) is 11.8 Å². The molecule has 148 valence electrons. The second-order valence-corrected chi connectivity index (χ2v) is 6.92. The Bertz CT molecular complexity index is 900. The van der Waals surface area contributed by atoms with E-state index in [1.54, 1.807) is 0 Å². The number of nitrogens with one attached hydrogen (secondary N) is 1. The Morgan fingerprint density at radius 2 is 1.93 bits per heavy atom. The lowest BCUT2D eigenvalue weighted by molar-refractivity contribution is -0.384. The van der Waals surface area contributed by atoms with Crippen molar-refractivity contribution in [2.24, 2.45) is 0 Å². The van der Waals surface area contributed by atoms with Gasteiger partial charge in [0.1, 0.15) is 11.4 Å². The molecule has 0 unspecified atom stereocenters. The summed E-state index contributed by atoms with van der Waals surface area (Å²) < 4.78 is 9.88. The normalized spacial score (nSPS) is 10.2. The molecule has 0 aliphatic carbocycles. The number of nitro groups is 1. The number of ether oxygens (including phenoxy) is 2. The fourth-order valence-electron chi connectivity index (χ4n) is 2.27. The number of rotatable bonds is 8. The van der Waals surface area contributed by atoms with Crippen molar-refractivity contribution in [2.75, 3.05) is 24.8 Å². The van der Waals surface area contributed by atoms with Gasteiger partial charge < -0.3 is 14.8 Å². The zero-order valence-corrected chi connectivity index (χ0v) is 16.5. The molecule has 0 fully saturated rings. The summed E-state index contributed by atoms with van der Waals surface area (Å²) in [6.45, 7) is 3.38. The number of nitro benzene ring substituents is 1. The van der Waals surface area contributed by atoms with Crippen LogP contribution in [0.3, 0.4) is 0 Å². The number of aryl methyl sites for hydroxylation is 2. The highest BCUT2D eigenvalue weighted by atomic mass is 32.2. The van der Waals surface area contributed by atoms with Crippen molar-refractivity contribution in [3.8, 4) is 5.75 Å². The molecular weight excluding hydrogens is 384 g/mol. The van der Waals surface area contributed by atoms with Crippen molar-refractivity contribution < 1.29 is 24.0 Å². The quantitative estimate of drug-likeness (QED) is 0.310. The van der Waals surface area contributed by atoms with E-state index in [1.165, 1.54) is 37.1 Å². The van der Waals surface area contributed by atoms with Gasteiger partial charge >= 0.3 is 5.97 Å². The molecule has 2 aromatic rings. The SMILES string of the molecule is COc1ccc(NC(=O)COC(=O)CSc2cc(C)ccc2C)c([N+](=O)[O-])c1. The number of anilines is 1. The predicted molar refractivity (Wildman–Crippen MR) is 106 cm³/mol. The number of thioether (sulfide) groups is 1. The monoisotopic (exact) mass is 404 g/mol. The average Bonchev–Trinajstić information content (AvgIpc) is 2.67. The van der Waals surface area contributed by atoms with E-state index in [9.17, 15) is 19.7 Å². The zero-order chi connectivity index (χ0) is 20.7. The summed E-state index contributed by atoms with van der Waals surface area (Å²) in [6, 6.07) is 9.96. The van der Waals surface area contributed by atoms with Gasteiger partial charge in [-0.1, -0.05) is 17.7 Å². The van der Waals surface area contributed by atoms with Crippen molar-refractivity contribution in [2.45, 2.75) is 18.7 Å². The third-order valence-corrected chi connectivity index (χ3v) is 4.86. The number of benzene rings is 2. The van der Waals surface area contributed by atoms with Crippen LogP contribution in [0.25, 0.3) is 0 Å². The maximum Gasteiger partial charge on any atom is 0.316 e. The number of esters is 1. The van der Waals surface area contributed by atoms with Crippen LogP contribution in [0.5, 0.6) is 5.75 Å². The van der Waals surface area contributed by atoms with Crippen LogP contribution in [0.1, 0.15) is 11.1 Å². The van der Waals surface area contributed by atoms with E-state index in [4.69, 9.17) is 9.47 Å². The van der Waals surface area contributed by atoms with E-state index >= 15 is 0 Å². The van der Waals surface area contributed by atoms with E-state index in [1.807, 2.05) is 32.0 Å². The zero-order valence-electron chi connectivity index (χ0n) is 15.7. The largest absolute Gasteiger partial charge is 0.496 e. The van der Waals surface area contributed by atoms with Gasteiger partial charge in [0.15, 0.2) is 6.61 Å². The van der Waals surface area contributed by atoms with E-state index < -0.39 is 23.4 Å². The molecule has 2 rings (SSSR count). The molecule has 0 saturated carbocycles. The third-order valence-electron chi connectivity index (χ3n) is 3.73. The lowest BCUT2D eigenvalue weighted by Gasteiger charge is -2.09. The van der Waals surface area contributed by atoms with Crippen LogP contribution in [0.4, 0.5) is 11.4 Å². The Morgan fingerprint density at radius 3 is 2.61 bits per heavy atom. The number of nitrogens with zero attached hydrogens (tertiary/aromatic N) is 1. The smallest absolute Gasteiger partial charge is 0.316 e. The van der Waals surface area contributed by atoms with Crippen LogP contribution in [0.2, 0.25) is 0 Å². The summed E-state index contributed by atoms with van der Waals surface area (Å²) in [4.78, 5) is 35.3. The Labute approximate surface area is 166 Å². The van der Waals surface area contributed by atoms with Crippen LogP contribution in [-0.4, -0.2) is 36.3 Å². The van der Waals surface area contributed by atoms with Crippen molar-refractivity contribution in [1.29, 1.82) is 0 Å². The molecular formula is C19H20N2O6S. The molecule has 2 aromatic carbocycles. The van der Waals surface area contributed by atoms with E-state index in [0.717, 1.165) is 16.0 Å². The fraction of sp³-hybridized carbons (Fsp3) is 0.263. The van der Waals surface area contributed by atoms with Crippen molar-refractivity contribution in [3.05, 3.63) is 57.6 Å². The molecule has 0 atom stereocenters. The fourth-order valence-corrected chi connectivity index (χ4v) is 3.19. The molecule has 0 aliphatic rings. The van der Waals surface area contributed by atoms with E-state index in [0.29, 0.717) is 5.75 Å². The molecule has 0 heterocycles. The van der Waals surface area contributed by atoms with Gasteiger partial charge in [-0.05, 0) is 37.6 Å². The van der Waals surface area contributed by atoms with E-state index in [-0.39, 0.29) is 17.1 Å². The number of carbonyl (C=O) groups is 2. The molecule has 0 spiro atoms. The molecule has 9 heteroatoms. The molecule has 0 aromatic heterocycles. The highest BCUT2D eigenvalue weighted by molar-refractivity contribution is 8.00. The first-order valence-corrected chi connectivity index (χ1v) is 9.26. The molecule has 8 nitrogen and oxygen atoms in total. The van der Waals surface area contributed by atoms with Crippen molar-refractivity contribution in [1.82, 2.24) is 0 Å². The lowest BCUT2D eigenvalue weighted by atomic mass is 10.2. The Hall–Kier alpha value is -3.07. The molecule has 0 saturated heterocycles. The molecule has 1 N–H and O–H groups in total. The first-order valence-electron chi connectivity index (χ1n) is 8.28.